The molecule has 0 aliphatic carbocycles. The monoisotopic (exact) mass is 282 g/mol. The van der Waals surface area contributed by atoms with E-state index in [9.17, 15) is 4.79 Å². The summed E-state index contributed by atoms with van der Waals surface area (Å²) in [5, 5.41) is 4.58. The van der Waals surface area contributed by atoms with E-state index in [1.165, 1.54) is 11.3 Å². The second-order valence-electron chi connectivity index (χ2n) is 2.78. The Labute approximate surface area is 99.3 Å². The highest BCUT2D eigenvalue weighted by Gasteiger charge is 2.06. The summed E-state index contributed by atoms with van der Waals surface area (Å²) in [6.07, 6.45) is 0. The molecule has 0 atom stereocenters. The molecule has 0 bridgehead atoms. The minimum Gasteiger partial charge on any atom is -0.306 e. The molecule has 76 valence electrons. The number of thiophene rings is 1. The minimum atomic E-state index is -0.129. The standard InChI is InChI=1S/C10H7BrN2OS/c11-8-4-1-5-9(12-8)13-10(14)7-3-2-6-15-7/h1-6H,(H,12,13,14). The lowest BCUT2D eigenvalue weighted by molar-refractivity contribution is 0.103. The normalized spacial score (nSPS) is 9.93. The summed E-state index contributed by atoms with van der Waals surface area (Å²) >= 11 is 4.64. The van der Waals surface area contributed by atoms with E-state index in [2.05, 4.69) is 26.2 Å². The van der Waals surface area contributed by atoms with Gasteiger partial charge in [-0.3, -0.25) is 4.79 Å². The molecule has 3 nitrogen and oxygen atoms in total. The van der Waals surface area contributed by atoms with Crippen LogP contribution in [0.4, 0.5) is 5.82 Å². The van der Waals surface area contributed by atoms with Gasteiger partial charge in [0.2, 0.25) is 0 Å². The summed E-state index contributed by atoms with van der Waals surface area (Å²) in [7, 11) is 0. The average molecular weight is 283 g/mol. The van der Waals surface area contributed by atoms with Gasteiger partial charge in [-0.15, -0.1) is 11.3 Å². The van der Waals surface area contributed by atoms with Crippen LogP contribution in [0.15, 0.2) is 40.3 Å². The van der Waals surface area contributed by atoms with Crippen molar-refractivity contribution in [3.8, 4) is 0 Å². The van der Waals surface area contributed by atoms with E-state index in [-0.39, 0.29) is 5.91 Å². The highest BCUT2D eigenvalue weighted by molar-refractivity contribution is 9.10. The van der Waals surface area contributed by atoms with Crippen molar-refractivity contribution in [2.24, 2.45) is 0 Å². The van der Waals surface area contributed by atoms with Gasteiger partial charge in [-0.25, -0.2) is 4.98 Å². The van der Waals surface area contributed by atoms with Crippen molar-refractivity contribution in [3.05, 3.63) is 45.2 Å². The second kappa shape index (κ2) is 4.55. The van der Waals surface area contributed by atoms with Gasteiger partial charge in [0.25, 0.3) is 5.91 Å². The Balaban J connectivity index is 2.13. The molecule has 2 aromatic rings. The molecule has 0 fully saturated rings. The van der Waals surface area contributed by atoms with Crippen LogP contribution in [0.25, 0.3) is 0 Å². The van der Waals surface area contributed by atoms with Crippen molar-refractivity contribution in [1.82, 2.24) is 4.98 Å². The Hall–Kier alpha value is -1.20. The first-order valence-corrected chi connectivity index (χ1v) is 5.90. The van der Waals surface area contributed by atoms with Gasteiger partial charge in [0, 0.05) is 0 Å². The third-order valence-corrected chi connectivity index (χ3v) is 3.01. The predicted octanol–water partition coefficient (Wildman–Crippen LogP) is 3.16. The van der Waals surface area contributed by atoms with Gasteiger partial charge in [-0.2, -0.15) is 0 Å². The Morgan fingerprint density at radius 2 is 2.20 bits per heavy atom. The lowest BCUT2D eigenvalue weighted by Gasteiger charge is -2.02. The quantitative estimate of drug-likeness (QED) is 0.860. The highest BCUT2D eigenvalue weighted by Crippen LogP contribution is 2.13. The minimum absolute atomic E-state index is 0.129. The van der Waals surface area contributed by atoms with Crippen molar-refractivity contribution in [2.75, 3.05) is 5.32 Å². The molecule has 5 heteroatoms. The molecule has 2 rings (SSSR count). The number of halogens is 1. The molecule has 0 saturated heterocycles. The number of hydrogen-bond acceptors (Lipinski definition) is 3. The van der Waals surface area contributed by atoms with Crippen LogP contribution in [0, 0.1) is 0 Å². The smallest absolute Gasteiger partial charge is 0.266 e. The number of rotatable bonds is 2. The maximum atomic E-state index is 11.6. The number of amides is 1. The van der Waals surface area contributed by atoms with E-state index in [1.54, 1.807) is 18.2 Å². The summed E-state index contributed by atoms with van der Waals surface area (Å²) in [6.45, 7) is 0. The zero-order valence-corrected chi connectivity index (χ0v) is 10.0. The molecular weight excluding hydrogens is 276 g/mol. The van der Waals surface area contributed by atoms with Gasteiger partial charge < -0.3 is 5.32 Å². The first kappa shape index (κ1) is 10.3. The lowest BCUT2D eigenvalue weighted by atomic mass is 10.4. The zero-order chi connectivity index (χ0) is 10.7. The number of hydrogen-bond donors (Lipinski definition) is 1. The molecule has 2 aromatic heterocycles. The molecule has 0 saturated carbocycles. The molecule has 2 heterocycles. The van der Waals surface area contributed by atoms with Crippen molar-refractivity contribution in [1.29, 1.82) is 0 Å². The zero-order valence-electron chi connectivity index (χ0n) is 7.61. The predicted molar refractivity (Wildman–Crippen MR) is 64.2 cm³/mol. The molecule has 0 spiro atoms. The van der Waals surface area contributed by atoms with Crippen LogP contribution >= 0.6 is 27.3 Å². The maximum Gasteiger partial charge on any atom is 0.266 e. The molecular formula is C10H7BrN2OS. The Bertz CT molecular complexity index is 470. The van der Waals surface area contributed by atoms with Crippen LogP contribution in [-0.2, 0) is 0 Å². The Morgan fingerprint density at radius 1 is 1.33 bits per heavy atom. The largest absolute Gasteiger partial charge is 0.306 e. The fraction of sp³-hybridized carbons (Fsp3) is 0. The molecule has 0 radical (unpaired) electrons. The van der Waals surface area contributed by atoms with E-state index in [0.717, 1.165) is 0 Å². The number of carbonyl (C=O) groups is 1. The van der Waals surface area contributed by atoms with Gasteiger partial charge >= 0.3 is 0 Å². The van der Waals surface area contributed by atoms with Crippen molar-refractivity contribution >= 4 is 39.0 Å². The average Bonchev–Trinajstić information content (AvgIpc) is 2.70. The van der Waals surface area contributed by atoms with Crippen molar-refractivity contribution in [3.63, 3.8) is 0 Å². The maximum absolute atomic E-state index is 11.6. The van der Waals surface area contributed by atoms with Gasteiger partial charge in [0.05, 0.1) is 4.88 Å². The number of nitrogens with zero attached hydrogens (tertiary/aromatic N) is 1. The van der Waals surface area contributed by atoms with Crippen LogP contribution in [0.2, 0.25) is 0 Å². The highest BCUT2D eigenvalue weighted by atomic mass is 79.9. The van der Waals surface area contributed by atoms with Gasteiger partial charge in [-0.1, -0.05) is 12.1 Å². The van der Waals surface area contributed by atoms with Crippen molar-refractivity contribution < 1.29 is 4.79 Å². The third kappa shape index (κ3) is 2.64. The van der Waals surface area contributed by atoms with E-state index in [0.29, 0.717) is 15.3 Å². The number of pyridine rings is 1. The molecule has 1 amide bonds. The summed E-state index contributed by atoms with van der Waals surface area (Å²) < 4.78 is 0.700. The summed E-state index contributed by atoms with van der Waals surface area (Å²) in [5.74, 6) is 0.415. The summed E-state index contributed by atoms with van der Waals surface area (Å²) in [4.78, 5) is 16.4. The van der Waals surface area contributed by atoms with E-state index in [4.69, 9.17) is 0 Å². The number of aromatic nitrogens is 1. The molecule has 0 aromatic carbocycles. The van der Waals surface area contributed by atoms with Crippen LogP contribution in [0.5, 0.6) is 0 Å². The number of nitrogens with one attached hydrogen (secondary N) is 1. The van der Waals surface area contributed by atoms with Crippen LogP contribution in [0.3, 0.4) is 0 Å². The fourth-order valence-corrected chi connectivity index (χ4v) is 2.03. The van der Waals surface area contributed by atoms with Gasteiger partial charge in [0.1, 0.15) is 10.4 Å². The topological polar surface area (TPSA) is 42.0 Å². The Morgan fingerprint density at radius 3 is 2.87 bits per heavy atom. The first-order chi connectivity index (χ1) is 7.25. The van der Waals surface area contributed by atoms with E-state index >= 15 is 0 Å². The van der Waals surface area contributed by atoms with Gasteiger partial charge in [0.15, 0.2) is 0 Å². The Kier molecular flexibility index (Phi) is 3.13. The number of anilines is 1. The molecule has 1 N–H and O–H groups in total. The van der Waals surface area contributed by atoms with E-state index in [1.807, 2.05) is 17.5 Å². The fourth-order valence-electron chi connectivity index (χ4n) is 1.06. The molecule has 0 unspecified atom stereocenters. The van der Waals surface area contributed by atoms with Crippen molar-refractivity contribution in [2.45, 2.75) is 0 Å². The second-order valence-corrected chi connectivity index (χ2v) is 4.54. The third-order valence-electron chi connectivity index (χ3n) is 1.70. The van der Waals surface area contributed by atoms with Gasteiger partial charge in [-0.05, 0) is 39.5 Å². The molecule has 0 aliphatic heterocycles. The first-order valence-electron chi connectivity index (χ1n) is 4.23. The van der Waals surface area contributed by atoms with Crippen LogP contribution < -0.4 is 5.32 Å². The van der Waals surface area contributed by atoms with Crippen LogP contribution in [0.1, 0.15) is 9.67 Å². The molecule has 15 heavy (non-hydrogen) atoms. The summed E-state index contributed by atoms with van der Waals surface area (Å²) in [5.41, 5.74) is 0. The molecule has 0 aliphatic rings. The van der Waals surface area contributed by atoms with E-state index < -0.39 is 0 Å². The number of carbonyl (C=O) groups excluding carboxylic acids is 1. The lowest BCUT2D eigenvalue weighted by Crippen LogP contribution is -2.11. The SMILES string of the molecule is O=C(Nc1cccc(Br)n1)c1cccs1. The summed E-state index contributed by atoms with van der Waals surface area (Å²) in [6, 6.07) is 8.99. The van der Waals surface area contributed by atoms with Crippen LogP contribution in [-0.4, -0.2) is 10.9 Å².